The first-order valence-electron chi connectivity index (χ1n) is 10.7. The molecule has 2 unspecified atom stereocenters. The van der Waals surface area contributed by atoms with Gasteiger partial charge in [-0.2, -0.15) is 0 Å². The third kappa shape index (κ3) is 3.19. The van der Waals surface area contributed by atoms with Crippen molar-refractivity contribution in [1.29, 1.82) is 0 Å². The molecule has 2 aromatic carbocycles. The van der Waals surface area contributed by atoms with E-state index >= 15 is 0 Å². The van der Waals surface area contributed by atoms with Crippen LogP contribution in [0.3, 0.4) is 0 Å². The molecule has 33 heavy (non-hydrogen) atoms. The smallest absolute Gasteiger partial charge is 0.352 e. The molecule has 170 valence electrons. The second-order valence-electron chi connectivity index (χ2n) is 8.67. The summed E-state index contributed by atoms with van der Waals surface area (Å²) in [6.45, 7) is 3.85. The van der Waals surface area contributed by atoms with Gasteiger partial charge in [0.15, 0.2) is 0 Å². The number of nitrogens with zero attached hydrogens (tertiary/aromatic N) is 3. The van der Waals surface area contributed by atoms with Gasteiger partial charge >= 0.3 is 17.3 Å². The number of carbonyl (C=O) groups is 1. The van der Waals surface area contributed by atoms with Crippen LogP contribution in [0.5, 0.6) is 11.5 Å². The Morgan fingerprint density at radius 2 is 1.88 bits per heavy atom. The molecule has 0 saturated heterocycles. The fourth-order valence-electron chi connectivity index (χ4n) is 4.74. The average Bonchev–Trinajstić information content (AvgIpc) is 3.03. The minimum atomic E-state index is -1.03. The molecule has 5 rings (SSSR count). The molecule has 3 aromatic rings. The van der Waals surface area contributed by atoms with E-state index in [1.165, 1.54) is 21.5 Å². The summed E-state index contributed by atoms with van der Waals surface area (Å²) < 4.78 is 10.1. The van der Waals surface area contributed by atoms with E-state index in [-0.39, 0.29) is 25.1 Å². The van der Waals surface area contributed by atoms with Gasteiger partial charge in [-0.25, -0.2) is 23.5 Å². The summed E-state index contributed by atoms with van der Waals surface area (Å²) in [5.74, 6) is -0.630. The molecule has 0 fully saturated rings. The number of allylic oxidation sites excluding steroid dienone is 1. The van der Waals surface area contributed by atoms with Gasteiger partial charge in [0.2, 0.25) is 0 Å². The number of aromatic nitrogens is 3. The predicted octanol–water partition coefficient (Wildman–Crippen LogP) is 2.36. The molecule has 3 heterocycles. The van der Waals surface area contributed by atoms with Crippen molar-refractivity contribution in [1.82, 2.24) is 13.9 Å². The van der Waals surface area contributed by atoms with E-state index in [0.29, 0.717) is 22.6 Å². The fraction of sp³-hybridized carbons (Fsp3) is 0.292. The van der Waals surface area contributed by atoms with Gasteiger partial charge in [-0.1, -0.05) is 23.8 Å². The largest absolute Gasteiger partial charge is 0.508 e. The third-order valence-electron chi connectivity index (χ3n) is 6.43. The molecule has 0 aliphatic carbocycles. The highest BCUT2D eigenvalue weighted by Gasteiger charge is 2.46. The number of benzene rings is 2. The molecular weight excluding hydrogens is 426 g/mol. The second-order valence-corrected chi connectivity index (χ2v) is 8.67. The molecule has 2 aliphatic heterocycles. The van der Waals surface area contributed by atoms with Gasteiger partial charge in [-0.05, 0) is 43.7 Å². The highest BCUT2D eigenvalue weighted by atomic mass is 16.5. The van der Waals surface area contributed by atoms with Gasteiger partial charge in [0, 0.05) is 24.5 Å². The maximum Gasteiger partial charge on any atom is 0.352 e. The average molecular weight is 449 g/mol. The van der Waals surface area contributed by atoms with Gasteiger partial charge in [0.05, 0.1) is 12.2 Å². The summed E-state index contributed by atoms with van der Waals surface area (Å²) in [5, 5.41) is 19.3. The summed E-state index contributed by atoms with van der Waals surface area (Å²) in [6, 6.07) is 11.1. The molecule has 0 amide bonds. The van der Waals surface area contributed by atoms with Crippen molar-refractivity contribution in [2.75, 3.05) is 0 Å². The molecule has 0 spiro atoms. The van der Waals surface area contributed by atoms with Crippen molar-refractivity contribution >= 4 is 5.97 Å². The van der Waals surface area contributed by atoms with Gasteiger partial charge < -0.3 is 14.9 Å². The Kier molecular flexibility index (Phi) is 4.59. The van der Waals surface area contributed by atoms with Crippen molar-refractivity contribution < 1.29 is 19.7 Å². The molecule has 2 atom stereocenters. The van der Waals surface area contributed by atoms with Crippen molar-refractivity contribution in [2.45, 2.75) is 44.9 Å². The maximum absolute atomic E-state index is 13.6. The summed E-state index contributed by atoms with van der Waals surface area (Å²) in [5.41, 5.74) is 0.814. The van der Waals surface area contributed by atoms with Gasteiger partial charge in [-0.3, -0.25) is 4.79 Å². The number of phenols is 1. The minimum Gasteiger partial charge on any atom is -0.508 e. The number of hydrogen-bond donors (Lipinski definition) is 2. The van der Waals surface area contributed by atoms with Gasteiger partial charge in [0.1, 0.15) is 23.1 Å². The molecular formula is C24H23N3O6. The van der Waals surface area contributed by atoms with Crippen molar-refractivity contribution in [2.24, 2.45) is 0 Å². The van der Waals surface area contributed by atoms with E-state index in [1.54, 1.807) is 25.1 Å². The SMILES string of the molecule is Cc1ccc(-n2c(=O)n3n(c2=O)C2C(=CC3)C(C)(CCC(=O)O)Oc3cc(O)ccc32)cc1. The Morgan fingerprint density at radius 1 is 1.15 bits per heavy atom. The molecule has 1 aromatic heterocycles. The van der Waals surface area contributed by atoms with Crippen molar-refractivity contribution in [3.8, 4) is 17.2 Å². The van der Waals surface area contributed by atoms with Crippen LogP contribution in [0.25, 0.3) is 5.69 Å². The van der Waals surface area contributed by atoms with Crippen LogP contribution < -0.4 is 16.1 Å². The number of carboxylic acids is 1. The predicted molar refractivity (Wildman–Crippen MR) is 119 cm³/mol. The number of rotatable bonds is 4. The van der Waals surface area contributed by atoms with E-state index < -0.39 is 29.0 Å². The Morgan fingerprint density at radius 3 is 2.58 bits per heavy atom. The Hall–Kier alpha value is -4.01. The van der Waals surface area contributed by atoms with Gasteiger partial charge in [-0.15, -0.1) is 0 Å². The third-order valence-corrected chi connectivity index (χ3v) is 6.43. The zero-order valence-electron chi connectivity index (χ0n) is 18.2. The zero-order valence-corrected chi connectivity index (χ0v) is 18.2. The molecule has 9 nitrogen and oxygen atoms in total. The van der Waals surface area contributed by atoms with E-state index in [1.807, 2.05) is 25.1 Å². The Balaban J connectivity index is 1.73. The van der Waals surface area contributed by atoms with Crippen LogP contribution in [0.15, 0.2) is 63.7 Å². The van der Waals surface area contributed by atoms with Crippen LogP contribution in [0.1, 0.15) is 36.9 Å². The van der Waals surface area contributed by atoms with E-state index in [2.05, 4.69) is 0 Å². The van der Waals surface area contributed by atoms with Crippen LogP contribution in [0, 0.1) is 6.92 Å². The zero-order chi connectivity index (χ0) is 23.5. The number of hydrogen-bond acceptors (Lipinski definition) is 5. The summed E-state index contributed by atoms with van der Waals surface area (Å²) in [6.07, 6.45) is 1.86. The number of aliphatic carboxylic acids is 1. The molecule has 0 bridgehead atoms. The van der Waals surface area contributed by atoms with E-state index in [9.17, 15) is 24.6 Å². The summed E-state index contributed by atoms with van der Waals surface area (Å²) in [7, 11) is 0. The first kappa shape index (κ1) is 20.9. The molecule has 0 saturated carbocycles. The lowest BCUT2D eigenvalue weighted by atomic mass is 9.79. The minimum absolute atomic E-state index is 0.0143. The lowest BCUT2D eigenvalue weighted by molar-refractivity contribution is -0.138. The first-order valence-corrected chi connectivity index (χ1v) is 10.7. The fourth-order valence-corrected chi connectivity index (χ4v) is 4.74. The first-order chi connectivity index (χ1) is 15.7. The van der Waals surface area contributed by atoms with E-state index in [4.69, 9.17) is 4.74 Å². The number of carboxylic acid groups (broad SMARTS) is 1. The quantitative estimate of drug-likeness (QED) is 0.591. The lowest BCUT2D eigenvalue weighted by Crippen LogP contribution is -2.48. The lowest BCUT2D eigenvalue weighted by Gasteiger charge is -2.44. The van der Waals surface area contributed by atoms with Crippen LogP contribution in [-0.2, 0) is 11.3 Å². The van der Waals surface area contributed by atoms with Crippen molar-refractivity contribution in [3.63, 3.8) is 0 Å². The van der Waals surface area contributed by atoms with Crippen LogP contribution in [0.2, 0.25) is 0 Å². The molecule has 0 radical (unpaired) electrons. The monoisotopic (exact) mass is 449 g/mol. The topological polar surface area (TPSA) is 116 Å². The Bertz CT molecular complexity index is 1430. The van der Waals surface area contributed by atoms with Crippen molar-refractivity contribution in [3.05, 3.63) is 86.2 Å². The standard InChI is InChI=1S/C24H23N3O6/c1-14-3-5-15(6-4-14)26-22(31)25-12-10-18-21(27(25)23(26)32)17-8-7-16(28)13-19(17)33-24(18,2)11-9-20(29)30/h3-8,10,13,21,28H,9,11-12H2,1-2H3,(H,29,30). The normalized spacial score (nSPS) is 20.8. The number of fused-ring (bicyclic) bond motifs is 5. The van der Waals surface area contributed by atoms with Crippen LogP contribution in [-0.4, -0.2) is 35.7 Å². The number of phenolic OH excluding ortho intramolecular Hbond substituents is 1. The number of aromatic hydroxyl groups is 1. The number of ether oxygens (including phenoxy) is 1. The van der Waals surface area contributed by atoms with E-state index in [0.717, 1.165) is 10.1 Å². The molecule has 9 heteroatoms. The second kappa shape index (κ2) is 7.26. The van der Waals surface area contributed by atoms with Crippen LogP contribution in [0.4, 0.5) is 0 Å². The summed E-state index contributed by atoms with van der Waals surface area (Å²) in [4.78, 5) is 38.2. The Labute approximate surface area is 188 Å². The highest BCUT2D eigenvalue weighted by Crippen LogP contribution is 2.48. The highest BCUT2D eigenvalue weighted by molar-refractivity contribution is 5.67. The van der Waals surface area contributed by atoms with Crippen LogP contribution >= 0.6 is 0 Å². The molecule has 2 aliphatic rings. The summed E-state index contributed by atoms with van der Waals surface area (Å²) >= 11 is 0. The number of aryl methyl sites for hydroxylation is 1. The van der Waals surface area contributed by atoms with Gasteiger partial charge in [0.25, 0.3) is 0 Å². The maximum atomic E-state index is 13.6. The molecule has 2 N–H and O–H groups in total.